The Balaban J connectivity index is 2.42. The molecule has 0 heterocycles. The van der Waals surface area contributed by atoms with Gasteiger partial charge in [0.05, 0.1) is 0 Å². The van der Waals surface area contributed by atoms with Crippen molar-refractivity contribution in [3.05, 3.63) is 0 Å². The van der Waals surface area contributed by atoms with Crippen LogP contribution in [-0.2, 0) is 0 Å². The van der Waals surface area contributed by atoms with E-state index in [9.17, 15) is 0 Å². The van der Waals surface area contributed by atoms with Crippen molar-refractivity contribution >= 4 is 5.96 Å². The number of hydrogen-bond acceptors (Lipinski definition) is 2. The van der Waals surface area contributed by atoms with Gasteiger partial charge in [-0.05, 0) is 24.7 Å². The zero-order valence-electron chi connectivity index (χ0n) is 10.8. The topological polar surface area (TPSA) is 62.4 Å². The summed E-state index contributed by atoms with van der Waals surface area (Å²) < 4.78 is 0. The normalized spacial score (nSPS) is 18.9. The van der Waals surface area contributed by atoms with Crippen LogP contribution in [0.25, 0.3) is 0 Å². The minimum absolute atomic E-state index is 0.249. The van der Waals surface area contributed by atoms with E-state index in [-0.39, 0.29) is 5.41 Å². The van der Waals surface area contributed by atoms with E-state index in [1.54, 1.807) is 0 Å². The molecule has 4 nitrogen and oxygen atoms in total. The first kappa shape index (κ1) is 13.3. The predicted octanol–water partition coefficient (Wildman–Crippen LogP) is 1.77. The van der Waals surface area contributed by atoms with Gasteiger partial charge in [-0.25, -0.2) is 5.84 Å². The molecule has 1 aliphatic rings. The maximum Gasteiger partial charge on any atom is 0.205 e. The summed E-state index contributed by atoms with van der Waals surface area (Å²) in [6, 6.07) is 0.555. The summed E-state index contributed by atoms with van der Waals surface area (Å²) in [7, 11) is 0. The van der Waals surface area contributed by atoms with Crippen LogP contribution in [0.1, 0.15) is 52.9 Å². The number of hydrazine groups is 1. The Morgan fingerprint density at radius 2 is 2.00 bits per heavy atom. The summed E-state index contributed by atoms with van der Waals surface area (Å²) >= 11 is 0. The fourth-order valence-electron chi connectivity index (χ4n) is 1.80. The second kappa shape index (κ2) is 6.09. The fourth-order valence-corrected chi connectivity index (χ4v) is 1.80. The van der Waals surface area contributed by atoms with Crippen LogP contribution in [0.4, 0.5) is 0 Å². The lowest BCUT2D eigenvalue weighted by Crippen LogP contribution is -2.46. The van der Waals surface area contributed by atoms with Crippen LogP contribution in [0.2, 0.25) is 0 Å². The van der Waals surface area contributed by atoms with Gasteiger partial charge in [-0.3, -0.25) is 10.4 Å². The van der Waals surface area contributed by atoms with Gasteiger partial charge in [0.1, 0.15) is 0 Å². The Morgan fingerprint density at radius 3 is 2.50 bits per heavy atom. The molecule has 0 aromatic rings. The number of nitrogens with one attached hydrogen (secondary N) is 2. The van der Waals surface area contributed by atoms with E-state index in [1.165, 1.54) is 25.7 Å². The molecule has 0 aromatic carbocycles. The highest BCUT2D eigenvalue weighted by Crippen LogP contribution is 2.20. The SMILES string of the molecule is CCC(C)(C)CN=C(NN)NC1CCCC1. The molecule has 1 rings (SSSR count). The Kier molecular flexibility index (Phi) is 5.06. The summed E-state index contributed by atoms with van der Waals surface area (Å²) in [6.07, 6.45) is 6.22. The van der Waals surface area contributed by atoms with Gasteiger partial charge in [-0.1, -0.05) is 33.6 Å². The summed E-state index contributed by atoms with van der Waals surface area (Å²) in [5.41, 5.74) is 2.91. The molecule has 0 radical (unpaired) electrons. The highest BCUT2D eigenvalue weighted by molar-refractivity contribution is 5.79. The van der Waals surface area contributed by atoms with Crippen molar-refractivity contribution in [1.82, 2.24) is 10.7 Å². The zero-order chi connectivity index (χ0) is 12.0. The van der Waals surface area contributed by atoms with Crippen molar-refractivity contribution in [3.8, 4) is 0 Å². The number of nitrogens with two attached hydrogens (primary N) is 1. The molecule has 16 heavy (non-hydrogen) atoms. The second-order valence-corrected chi connectivity index (χ2v) is 5.45. The van der Waals surface area contributed by atoms with Crippen molar-refractivity contribution in [2.45, 2.75) is 58.9 Å². The third kappa shape index (κ3) is 4.39. The van der Waals surface area contributed by atoms with Gasteiger partial charge in [0, 0.05) is 12.6 Å². The smallest absolute Gasteiger partial charge is 0.205 e. The van der Waals surface area contributed by atoms with Crippen molar-refractivity contribution < 1.29 is 0 Å². The van der Waals surface area contributed by atoms with E-state index in [0.717, 1.165) is 18.9 Å². The standard InChI is InChI=1S/C12H26N4/c1-4-12(2,3)9-14-11(16-13)15-10-7-5-6-8-10/h10H,4-9,13H2,1-3H3,(H2,14,15,16). The van der Waals surface area contributed by atoms with Crippen LogP contribution in [0.15, 0.2) is 4.99 Å². The van der Waals surface area contributed by atoms with E-state index in [0.29, 0.717) is 6.04 Å². The van der Waals surface area contributed by atoms with Crippen LogP contribution < -0.4 is 16.6 Å². The molecule has 0 amide bonds. The summed E-state index contributed by atoms with van der Waals surface area (Å²) in [4.78, 5) is 4.52. The van der Waals surface area contributed by atoms with Crippen molar-refractivity contribution in [2.24, 2.45) is 16.3 Å². The number of aliphatic imine (C=N–C) groups is 1. The molecule has 1 saturated carbocycles. The van der Waals surface area contributed by atoms with E-state index in [4.69, 9.17) is 5.84 Å². The molecule has 0 spiro atoms. The molecular formula is C12H26N4. The summed E-state index contributed by atoms with van der Waals surface area (Å²) in [6.45, 7) is 7.44. The second-order valence-electron chi connectivity index (χ2n) is 5.45. The maximum absolute atomic E-state index is 5.48. The minimum atomic E-state index is 0.249. The first-order chi connectivity index (χ1) is 7.57. The summed E-state index contributed by atoms with van der Waals surface area (Å²) in [5, 5.41) is 3.38. The van der Waals surface area contributed by atoms with Crippen molar-refractivity contribution in [1.29, 1.82) is 0 Å². The van der Waals surface area contributed by atoms with E-state index in [2.05, 4.69) is 36.5 Å². The maximum atomic E-state index is 5.48. The van der Waals surface area contributed by atoms with E-state index < -0.39 is 0 Å². The average molecular weight is 226 g/mol. The van der Waals surface area contributed by atoms with E-state index in [1.807, 2.05) is 0 Å². The molecule has 0 unspecified atom stereocenters. The quantitative estimate of drug-likeness (QED) is 0.296. The monoisotopic (exact) mass is 226 g/mol. The number of nitrogens with zero attached hydrogens (tertiary/aromatic N) is 1. The molecule has 0 atom stereocenters. The molecule has 94 valence electrons. The molecule has 0 bridgehead atoms. The lowest BCUT2D eigenvalue weighted by molar-refractivity contribution is 0.364. The van der Waals surface area contributed by atoms with Crippen LogP contribution in [-0.4, -0.2) is 18.5 Å². The van der Waals surface area contributed by atoms with Gasteiger partial charge < -0.3 is 5.32 Å². The Hall–Kier alpha value is -0.770. The van der Waals surface area contributed by atoms with Gasteiger partial charge in [0.25, 0.3) is 0 Å². The first-order valence-electron chi connectivity index (χ1n) is 6.35. The molecule has 4 N–H and O–H groups in total. The van der Waals surface area contributed by atoms with Crippen LogP contribution in [0.5, 0.6) is 0 Å². The highest BCUT2D eigenvalue weighted by Gasteiger charge is 2.17. The molecule has 4 heteroatoms. The largest absolute Gasteiger partial charge is 0.353 e. The van der Waals surface area contributed by atoms with E-state index >= 15 is 0 Å². The Bertz CT molecular complexity index is 229. The molecule has 1 aliphatic carbocycles. The highest BCUT2D eigenvalue weighted by atomic mass is 15.3. The molecule has 0 aliphatic heterocycles. The number of hydrogen-bond donors (Lipinski definition) is 3. The van der Waals surface area contributed by atoms with Gasteiger partial charge in [-0.15, -0.1) is 0 Å². The van der Waals surface area contributed by atoms with Crippen molar-refractivity contribution in [2.75, 3.05) is 6.54 Å². The minimum Gasteiger partial charge on any atom is -0.353 e. The third-order valence-electron chi connectivity index (χ3n) is 3.46. The third-order valence-corrected chi connectivity index (χ3v) is 3.46. The van der Waals surface area contributed by atoms with Gasteiger partial charge >= 0.3 is 0 Å². The lowest BCUT2D eigenvalue weighted by atomic mass is 9.91. The Morgan fingerprint density at radius 1 is 1.38 bits per heavy atom. The molecule has 1 fully saturated rings. The lowest BCUT2D eigenvalue weighted by Gasteiger charge is -2.21. The number of guanidine groups is 1. The predicted molar refractivity (Wildman–Crippen MR) is 69.1 cm³/mol. The first-order valence-corrected chi connectivity index (χ1v) is 6.35. The van der Waals surface area contributed by atoms with Crippen LogP contribution in [0, 0.1) is 5.41 Å². The number of rotatable bonds is 4. The van der Waals surface area contributed by atoms with Gasteiger partial charge in [0.15, 0.2) is 0 Å². The molecular weight excluding hydrogens is 200 g/mol. The summed E-state index contributed by atoms with van der Waals surface area (Å²) in [5.74, 6) is 6.22. The van der Waals surface area contributed by atoms with Crippen LogP contribution in [0.3, 0.4) is 0 Å². The average Bonchev–Trinajstić information content (AvgIpc) is 2.77. The molecule has 0 aromatic heterocycles. The van der Waals surface area contributed by atoms with Crippen LogP contribution >= 0.6 is 0 Å². The molecule has 0 saturated heterocycles. The van der Waals surface area contributed by atoms with Gasteiger partial charge in [0.2, 0.25) is 5.96 Å². The Labute approximate surface area is 99.1 Å². The van der Waals surface area contributed by atoms with Crippen molar-refractivity contribution in [3.63, 3.8) is 0 Å². The zero-order valence-corrected chi connectivity index (χ0v) is 10.8. The fraction of sp³-hybridized carbons (Fsp3) is 0.917. The van der Waals surface area contributed by atoms with Gasteiger partial charge in [-0.2, -0.15) is 0 Å².